The molecule has 0 amide bonds. The molecule has 0 aromatic heterocycles. The summed E-state index contributed by atoms with van der Waals surface area (Å²) in [6, 6.07) is -0.551. The van der Waals surface area contributed by atoms with Crippen LogP contribution in [0.1, 0.15) is 34.6 Å². The van der Waals surface area contributed by atoms with E-state index in [1.807, 2.05) is 0 Å². The molecule has 0 aromatic rings. The van der Waals surface area contributed by atoms with Crippen LogP contribution in [0.25, 0.3) is 20.9 Å². The van der Waals surface area contributed by atoms with Crippen LogP contribution in [0.15, 0.2) is 10.2 Å². The zero-order chi connectivity index (χ0) is 18.6. The second-order valence-corrected chi connectivity index (χ2v) is 12.7. The van der Waals surface area contributed by atoms with Crippen molar-refractivity contribution in [2.24, 2.45) is 10.2 Å². The Morgan fingerprint density at radius 1 is 1.21 bits per heavy atom. The summed E-state index contributed by atoms with van der Waals surface area (Å²) in [5, 5.41) is 7.47. The van der Waals surface area contributed by atoms with E-state index in [1.165, 1.54) is 0 Å². The zero-order valence-corrected chi connectivity index (χ0v) is 16.6. The maximum atomic E-state index is 8.91. The van der Waals surface area contributed by atoms with Crippen LogP contribution in [0, 0.1) is 0 Å². The van der Waals surface area contributed by atoms with Gasteiger partial charge in [0.2, 0.25) is 0 Å². The molecular weight excluding hydrogens is 328 g/mol. The Morgan fingerprint density at radius 2 is 1.83 bits per heavy atom. The normalized spacial score (nSPS) is 24.8. The predicted octanol–water partition coefficient (Wildman–Crippen LogP) is 4.52. The van der Waals surface area contributed by atoms with E-state index in [9.17, 15) is 0 Å². The van der Waals surface area contributed by atoms with E-state index in [2.05, 4.69) is 53.9 Å². The van der Waals surface area contributed by atoms with Gasteiger partial charge in [0.1, 0.15) is 0 Å². The minimum Gasteiger partial charge on any atom is -0.416 e. The number of hydrogen-bond acceptors (Lipinski definition) is 5. The first kappa shape index (κ1) is 20.8. The van der Waals surface area contributed by atoms with Crippen LogP contribution in [-0.2, 0) is 13.9 Å². The largest absolute Gasteiger partial charge is 0.416 e. The van der Waals surface area contributed by atoms with E-state index >= 15 is 0 Å². The lowest BCUT2D eigenvalue weighted by Crippen LogP contribution is -2.46. The topological polar surface area (TPSA) is 125 Å². The lowest BCUT2D eigenvalue weighted by atomic mass is 10.1. The summed E-state index contributed by atoms with van der Waals surface area (Å²) < 4.78 is 17.8. The molecule has 3 atom stereocenters. The Balaban J connectivity index is 2.93. The molecule has 1 rings (SSSR count). The second-order valence-electron chi connectivity index (χ2n) is 7.90. The minimum absolute atomic E-state index is 0.0463. The molecule has 1 aliphatic rings. The fourth-order valence-electron chi connectivity index (χ4n) is 2.22. The summed E-state index contributed by atoms with van der Waals surface area (Å²) >= 11 is 0. The predicted molar refractivity (Wildman–Crippen MR) is 93.9 cm³/mol. The lowest BCUT2D eigenvalue weighted by molar-refractivity contribution is -0.147. The van der Waals surface area contributed by atoms with Crippen molar-refractivity contribution in [2.75, 3.05) is 13.2 Å². The maximum absolute atomic E-state index is 8.91. The molecule has 136 valence electrons. The molecule has 1 saturated heterocycles. The summed E-state index contributed by atoms with van der Waals surface area (Å²) in [4.78, 5) is 5.69. The highest BCUT2D eigenvalue weighted by Gasteiger charge is 2.46. The highest BCUT2D eigenvalue weighted by Crippen LogP contribution is 2.37. The first-order valence-electron chi connectivity index (χ1n) is 7.98. The van der Waals surface area contributed by atoms with E-state index < -0.39 is 32.4 Å². The molecule has 1 heterocycles. The van der Waals surface area contributed by atoms with Gasteiger partial charge >= 0.3 is 0 Å². The molecule has 0 N–H and O–H groups in total. The van der Waals surface area contributed by atoms with E-state index in [-0.39, 0.29) is 18.2 Å². The molecule has 1 aliphatic heterocycles. The van der Waals surface area contributed by atoms with Crippen LogP contribution in [-0.4, -0.2) is 45.5 Å². The lowest BCUT2D eigenvalue weighted by Gasteiger charge is -2.37. The average molecular weight is 357 g/mol. The maximum Gasteiger partial charge on any atom is 0.191 e. The number of hydrogen-bond donors (Lipinski definition) is 0. The average Bonchev–Trinajstić information content (AvgIpc) is 2.75. The van der Waals surface area contributed by atoms with Gasteiger partial charge in [0, 0.05) is 16.4 Å². The Bertz CT molecular complexity index is 535. The van der Waals surface area contributed by atoms with E-state index in [4.69, 9.17) is 25.0 Å². The van der Waals surface area contributed by atoms with Crippen LogP contribution in [0.2, 0.25) is 18.1 Å². The molecule has 9 nitrogen and oxygen atoms in total. The molecule has 10 heteroatoms. The van der Waals surface area contributed by atoms with Crippen molar-refractivity contribution >= 4 is 8.32 Å². The van der Waals surface area contributed by atoms with Crippen LogP contribution in [0.3, 0.4) is 0 Å². The van der Waals surface area contributed by atoms with Gasteiger partial charge in [-0.05, 0) is 43.0 Å². The van der Waals surface area contributed by atoms with Crippen LogP contribution >= 0.6 is 0 Å². The Kier molecular flexibility index (Phi) is 6.69. The third kappa shape index (κ3) is 5.37. The fourth-order valence-corrected chi connectivity index (χ4v) is 3.24. The Hall–Kier alpha value is -1.28. The second kappa shape index (κ2) is 7.73. The number of nitrogens with zero attached hydrogens (tertiary/aromatic N) is 6. The van der Waals surface area contributed by atoms with Crippen LogP contribution < -0.4 is 0 Å². The van der Waals surface area contributed by atoms with Crippen molar-refractivity contribution < 1.29 is 13.9 Å². The minimum atomic E-state index is -1.99. The van der Waals surface area contributed by atoms with Crippen molar-refractivity contribution in [3.05, 3.63) is 20.9 Å². The summed E-state index contributed by atoms with van der Waals surface area (Å²) in [5.74, 6) is -0.833. The smallest absolute Gasteiger partial charge is 0.191 e. The van der Waals surface area contributed by atoms with Crippen molar-refractivity contribution in [3.8, 4) is 0 Å². The van der Waals surface area contributed by atoms with Gasteiger partial charge in [-0.25, -0.2) is 0 Å². The molecule has 0 saturated carbocycles. The molecule has 0 spiro atoms. The molecule has 0 aromatic carbocycles. The first-order valence-corrected chi connectivity index (χ1v) is 10.9. The summed E-state index contributed by atoms with van der Waals surface area (Å²) in [5.41, 5.74) is 17.5. The van der Waals surface area contributed by atoms with Gasteiger partial charge in [0.05, 0.1) is 24.8 Å². The van der Waals surface area contributed by atoms with Gasteiger partial charge < -0.3 is 13.9 Å². The molecule has 0 radical (unpaired) electrons. The van der Waals surface area contributed by atoms with Crippen molar-refractivity contribution in [3.63, 3.8) is 0 Å². The van der Waals surface area contributed by atoms with Gasteiger partial charge in [-0.3, -0.25) is 0 Å². The number of azide groups is 2. The van der Waals surface area contributed by atoms with Gasteiger partial charge in [-0.15, -0.1) is 0 Å². The summed E-state index contributed by atoms with van der Waals surface area (Å²) in [6.45, 7) is 14.6. The summed E-state index contributed by atoms with van der Waals surface area (Å²) in [7, 11) is -1.99. The molecule has 24 heavy (non-hydrogen) atoms. The van der Waals surface area contributed by atoms with Crippen molar-refractivity contribution in [1.29, 1.82) is 0 Å². The Morgan fingerprint density at radius 3 is 2.33 bits per heavy atom. The molecule has 1 fully saturated rings. The third-order valence-electron chi connectivity index (χ3n) is 4.55. The summed E-state index contributed by atoms with van der Waals surface area (Å²) in [6.07, 6.45) is -0.999. The van der Waals surface area contributed by atoms with Gasteiger partial charge in [-0.1, -0.05) is 31.0 Å². The van der Waals surface area contributed by atoms with E-state index in [0.29, 0.717) is 0 Å². The van der Waals surface area contributed by atoms with Crippen LogP contribution in [0.4, 0.5) is 0 Å². The standard InChI is InChI=1S/C14H28N6O3Si/c1-13(2,3)24(6,7)21-9-10(18-20-16)12-11(8-17-19-15)22-14(4,5)23-12/h10-12H,8-9H2,1-7H3/t10-,11+,12-/m0/s1. The molecule has 0 aliphatic carbocycles. The first-order chi connectivity index (χ1) is 10.9. The molecule has 0 unspecified atom stereocenters. The zero-order valence-electron chi connectivity index (χ0n) is 15.6. The van der Waals surface area contributed by atoms with Crippen molar-refractivity contribution in [1.82, 2.24) is 0 Å². The number of rotatable bonds is 7. The SMILES string of the molecule is CC1(C)O[C@@H]([C@H](CO[Si](C)(C)C(C)(C)C)N=[N+]=[N-])[C@@H](CN=[N+]=[N-])O1. The fraction of sp³-hybridized carbons (Fsp3) is 1.00. The molecule has 0 bridgehead atoms. The number of ether oxygens (including phenoxy) is 2. The van der Waals surface area contributed by atoms with Crippen LogP contribution in [0.5, 0.6) is 0 Å². The van der Waals surface area contributed by atoms with E-state index in [1.54, 1.807) is 13.8 Å². The van der Waals surface area contributed by atoms with Gasteiger partial charge in [-0.2, -0.15) is 0 Å². The Labute approximate surface area is 144 Å². The monoisotopic (exact) mass is 356 g/mol. The molecular formula is C14H28N6O3Si. The van der Waals surface area contributed by atoms with Gasteiger partial charge in [0.25, 0.3) is 0 Å². The van der Waals surface area contributed by atoms with Gasteiger partial charge in [0.15, 0.2) is 14.1 Å². The van der Waals surface area contributed by atoms with Crippen molar-refractivity contribution in [2.45, 2.75) is 76.8 Å². The highest BCUT2D eigenvalue weighted by atomic mass is 28.4. The highest BCUT2D eigenvalue weighted by molar-refractivity contribution is 6.74. The third-order valence-corrected chi connectivity index (χ3v) is 9.05. The van der Waals surface area contributed by atoms with E-state index in [0.717, 1.165) is 0 Å². The quantitative estimate of drug-likeness (QED) is 0.288.